The second-order valence-electron chi connectivity index (χ2n) is 5.92. The van der Waals surface area contributed by atoms with Crippen LogP contribution in [0.2, 0.25) is 0 Å². The summed E-state index contributed by atoms with van der Waals surface area (Å²) in [6.45, 7) is 6.72. The van der Waals surface area contributed by atoms with Gasteiger partial charge in [0.15, 0.2) is 0 Å². The van der Waals surface area contributed by atoms with Gasteiger partial charge in [0.2, 0.25) is 0 Å². The van der Waals surface area contributed by atoms with Crippen molar-refractivity contribution < 1.29 is 4.74 Å². The highest BCUT2D eigenvalue weighted by atomic mass is 16.5. The van der Waals surface area contributed by atoms with Gasteiger partial charge in [-0.15, -0.1) is 0 Å². The highest BCUT2D eigenvalue weighted by Gasteiger charge is 2.23. The lowest BCUT2D eigenvalue weighted by Crippen LogP contribution is -2.34. The van der Waals surface area contributed by atoms with E-state index in [2.05, 4.69) is 49.3 Å². The van der Waals surface area contributed by atoms with E-state index in [0.29, 0.717) is 12.1 Å². The van der Waals surface area contributed by atoms with Crippen LogP contribution in [0.5, 0.6) is 5.75 Å². The first-order valence-electron chi connectivity index (χ1n) is 7.70. The number of hydrogen-bond donors (Lipinski definition) is 1. The minimum absolute atomic E-state index is 0.382. The van der Waals surface area contributed by atoms with Gasteiger partial charge in [-0.2, -0.15) is 0 Å². The normalized spacial score (nSPS) is 21.6. The molecule has 0 radical (unpaired) electrons. The molecular formula is C17H28N2O. The molecule has 2 unspecified atom stereocenters. The summed E-state index contributed by atoms with van der Waals surface area (Å²) < 4.78 is 5.54. The fraction of sp³-hybridized carbons (Fsp3) is 0.647. The summed E-state index contributed by atoms with van der Waals surface area (Å²) in [5.74, 6) is 1.00. The molecule has 20 heavy (non-hydrogen) atoms. The third-order valence-electron chi connectivity index (χ3n) is 4.57. The molecule has 2 rings (SSSR count). The van der Waals surface area contributed by atoms with E-state index >= 15 is 0 Å². The van der Waals surface area contributed by atoms with E-state index in [9.17, 15) is 0 Å². The molecule has 0 aliphatic carbocycles. The standard InChI is InChI=1S/C17H28N2O/c1-13-7-8-17(20-4)16(12-13)14(2)19(3)15-6-5-10-18-11-9-15/h7-8,12,14-15,18H,5-6,9-11H2,1-4H3. The number of ether oxygens (including phenoxy) is 1. The molecule has 1 aromatic carbocycles. The van der Waals surface area contributed by atoms with Gasteiger partial charge in [-0.1, -0.05) is 17.7 Å². The Kier molecular flexibility index (Phi) is 5.44. The molecular weight excluding hydrogens is 248 g/mol. The molecule has 1 aliphatic rings. The summed E-state index contributed by atoms with van der Waals surface area (Å²) in [6.07, 6.45) is 3.78. The zero-order valence-corrected chi connectivity index (χ0v) is 13.3. The van der Waals surface area contributed by atoms with Gasteiger partial charge in [-0.25, -0.2) is 0 Å². The van der Waals surface area contributed by atoms with E-state index in [1.54, 1.807) is 7.11 Å². The van der Waals surface area contributed by atoms with Crippen molar-refractivity contribution in [2.24, 2.45) is 0 Å². The van der Waals surface area contributed by atoms with Gasteiger partial charge in [0, 0.05) is 17.6 Å². The van der Waals surface area contributed by atoms with Crippen molar-refractivity contribution in [1.82, 2.24) is 10.2 Å². The zero-order chi connectivity index (χ0) is 14.5. The Hall–Kier alpha value is -1.06. The topological polar surface area (TPSA) is 24.5 Å². The van der Waals surface area contributed by atoms with Gasteiger partial charge in [-0.3, -0.25) is 4.90 Å². The lowest BCUT2D eigenvalue weighted by molar-refractivity contribution is 0.168. The molecule has 0 aromatic heterocycles. The number of methoxy groups -OCH3 is 1. The van der Waals surface area contributed by atoms with Gasteiger partial charge >= 0.3 is 0 Å². The molecule has 1 saturated heterocycles. The number of hydrogen-bond acceptors (Lipinski definition) is 3. The third kappa shape index (κ3) is 3.53. The van der Waals surface area contributed by atoms with Crippen LogP contribution in [0.3, 0.4) is 0 Å². The summed E-state index contributed by atoms with van der Waals surface area (Å²) in [5, 5.41) is 3.49. The Morgan fingerprint density at radius 2 is 2.10 bits per heavy atom. The van der Waals surface area contributed by atoms with Crippen molar-refractivity contribution in [2.75, 3.05) is 27.2 Å². The highest BCUT2D eigenvalue weighted by Crippen LogP contribution is 2.31. The molecule has 3 heteroatoms. The maximum atomic E-state index is 5.54. The Labute approximate surface area is 123 Å². The van der Waals surface area contributed by atoms with Crippen LogP contribution in [-0.2, 0) is 0 Å². The van der Waals surface area contributed by atoms with Crippen molar-refractivity contribution >= 4 is 0 Å². The fourth-order valence-electron chi connectivity index (χ4n) is 3.12. The van der Waals surface area contributed by atoms with Crippen molar-refractivity contribution in [1.29, 1.82) is 0 Å². The van der Waals surface area contributed by atoms with Crippen molar-refractivity contribution in [2.45, 2.75) is 45.2 Å². The van der Waals surface area contributed by atoms with E-state index in [-0.39, 0.29) is 0 Å². The average molecular weight is 276 g/mol. The van der Waals surface area contributed by atoms with Crippen LogP contribution in [0, 0.1) is 6.92 Å². The lowest BCUT2D eigenvalue weighted by atomic mass is 9.99. The summed E-state index contributed by atoms with van der Waals surface area (Å²) in [6, 6.07) is 7.50. The van der Waals surface area contributed by atoms with Crippen LogP contribution in [0.4, 0.5) is 0 Å². The van der Waals surface area contributed by atoms with Gasteiger partial charge in [0.1, 0.15) is 5.75 Å². The lowest BCUT2D eigenvalue weighted by Gasteiger charge is -2.33. The van der Waals surface area contributed by atoms with E-state index in [0.717, 1.165) is 18.8 Å². The van der Waals surface area contributed by atoms with Crippen LogP contribution in [-0.4, -0.2) is 38.2 Å². The van der Waals surface area contributed by atoms with Crippen LogP contribution < -0.4 is 10.1 Å². The molecule has 112 valence electrons. The maximum Gasteiger partial charge on any atom is 0.123 e. The monoisotopic (exact) mass is 276 g/mol. The van der Waals surface area contributed by atoms with Gasteiger partial charge in [0.05, 0.1) is 7.11 Å². The molecule has 0 saturated carbocycles. The van der Waals surface area contributed by atoms with E-state index < -0.39 is 0 Å². The van der Waals surface area contributed by atoms with Crippen molar-refractivity contribution in [3.8, 4) is 5.75 Å². The fourth-order valence-corrected chi connectivity index (χ4v) is 3.12. The molecule has 2 atom stereocenters. The summed E-state index contributed by atoms with van der Waals surface area (Å²) in [4.78, 5) is 2.52. The van der Waals surface area contributed by atoms with Crippen LogP contribution in [0.25, 0.3) is 0 Å². The molecule has 1 heterocycles. The third-order valence-corrected chi connectivity index (χ3v) is 4.57. The van der Waals surface area contributed by atoms with Crippen LogP contribution in [0.1, 0.15) is 43.4 Å². The van der Waals surface area contributed by atoms with E-state index in [1.165, 1.54) is 30.4 Å². The van der Waals surface area contributed by atoms with E-state index in [1.807, 2.05) is 0 Å². The first-order chi connectivity index (χ1) is 9.63. The molecule has 0 amide bonds. The Morgan fingerprint density at radius 1 is 1.30 bits per heavy atom. The maximum absolute atomic E-state index is 5.54. The van der Waals surface area contributed by atoms with Gasteiger partial charge < -0.3 is 10.1 Å². The molecule has 3 nitrogen and oxygen atoms in total. The zero-order valence-electron chi connectivity index (χ0n) is 13.3. The SMILES string of the molecule is COc1ccc(C)cc1C(C)N(C)C1CCCNCC1. The van der Waals surface area contributed by atoms with E-state index in [4.69, 9.17) is 4.74 Å². The average Bonchev–Trinajstić information content (AvgIpc) is 2.74. The highest BCUT2D eigenvalue weighted by molar-refractivity contribution is 5.39. The first-order valence-corrected chi connectivity index (χ1v) is 7.70. The minimum Gasteiger partial charge on any atom is -0.496 e. The number of benzene rings is 1. The van der Waals surface area contributed by atoms with Crippen molar-refractivity contribution in [3.05, 3.63) is 29.3 Å². The Balaban J connectivity index is 2.16. The number of nitrogens with zero attached hydrogens (tertiary/aromatic N) is 1. The Morgan fingerprint density at radius 3 is 2.85 bits per heavy atom. The predicted octanol–water partition coefficient (Wildman–Crippen LogP) is 3.14. The van der Waals surface area contributed by atoms with Crippen LogP contribution in [0.15, 0.2) is 18.2 Å². The molecule has 1 N–H and O–H groups in total. The van der Waals surface area contributed by atoms with Crippen molar-refractivity contribution in [3.63, 3.8) is 0 Å². The second-order valence-corrected chi connectivity index (χ2v) is 5.92. The molecule has 1 fully saturated rings. The summed E-state index contributed by atoms with van der Waals surface area (Å²) in [5.41, 5.74) is 2.59. The second kappa shape index (κ2) is 7.09. The first kappa shape index (κ1) is 15.3. The molecule has 0 bridgehead atoms. The molecule has 1 aliphatic heterocycles. The molecule has 1 aromatic rings. The smallest absolute Gasteiger partial charge is 0.123 e. The largest absolute Gasteiger partial charge is 0.496 e. The van der Waals surface area contributed by atoms with Crippen LogP contribution >= 0.6 is 0 Å². The summed E-state index contributed by atoms with van der Waals surface area (Å²) >= 11 is 0. The quantitative estimate of drug-likeness (QED) is 0.914. The Bertz CT molecular complexity index is 425. The van der Waals surface area contributed by atoms with Gasteiger partial charge in [-0.05, 0) is 59.3 Å². The minimum atomic E-state index is 0.382. The number of aryl methyl sites for hydroxylation is 1. The predicted molar refractivity (Wildman–Crippen MR) is 84.4 cm³/mol. The number of nitrogens with one attached hydrogen (secondary N) is 1. The van der Waals surface area contributed by atoms with Gasteiger partial charge in [0.25, 0.3) is 0 Å². The summed E-state index contributed by atoms with van der Waals surface area (Å²) in [7, 11) is 4.01. The number of rotatable bonds is 4. The molecule has 0 spiro atoms.